The van der Waals surface area contributed by atoms with Crippen LogP contribution in [-0.4, -0.2) is 98.4 Å². The zero-order valence-electron chi connectivity index (χ0n) is 26.4. The third kappa shape index (κ3) is 8.45. The van der Waals surface area contributed by atoms with Crippen LogP contribution in [0.3, 0.4) is 0 Å². The minimum Gasteiger partial charge on any atom is -0.661 e. The maximum Gasteiger partial charge on any atom is 0.239 e. The molecule has 239 valence electrons. The van der Waals surface area contributed by atoms with Crippen LogP contribution in [0, 0.1) is 46.0 Å². The van der Waals surface area contributed by atoms with Gasteiger partial charge in [-0.25, -0.2) is 4.98 Å². The van der Waals surface area contributed by atoms with E-state index >= 15 is 0 Å². The number of anilines is 1. The molecule has 5 rings (SSSR count). The molecule has 0 saturated carbocycles. The summed E-state index contributed by atoms with van der Waals surface area (Å²) in [7, 11) is 5.79. The van der Waals surface area contributed by atoms with Gasteiger partial charge in [0.25, 0.3) is 0 Å². The van der Waals surface area contributed by atoms with Gasteiger partial charge in [-0.15, -0.1) is 0 Å². The Labute approximate surface area is 293 Å². The fourth-order valence-electron chi connectivity index (χ4n) is 5.88. The summed E-state index contributed by atoms with van der Waals surface area (Å²) in [6.07, 6.45) is 8.47. The second-order valence-electron chi connectivity index (χ2n) is 11.4. The molecule has 3 aromatic rings. The van der Waals surface area contributed by atoms with E-state index in [4.69, 9.17) is 9.72 Å². The molecule has 2 aliphatic rings. The van der Waals surface area contributed by atoms with Crippen molar-refractivity contribution in [2.45, 2.75) is 31.7 Å². The van der Waals surface area contributed by atoms with Crippen molar-refractivity contribution < 1.29 is 52.9 Å². The number of piperidine rings is 1. The quantitative estimate of drug-likeness (QED) is 0.226. The molecule has 2 aromatic heterocycles. The van der Waals surface area contributed by atoms with Crippen molar-refractivity contribution >= 4 is 23.6 Å². The number of carbonyl (C=O) groups is 2. The van der Waals surface area contributed by atoms with Crippen LogP contribution in [0.1, 0.15) is 52.9 Å². The largest absolute Gasteiger partial charge is 0.661 e. The molecule has 1 radical (unpaired) electrons. The van der Waals surface area contributed by atoms with Gasteiger partial charge in [0.05, 0.1) is 6.04 Å². The third-order valence-corrected chi connectivity index (χ3v) is 8.40. The van der Waals surface area contributed by atoms with E-state index in [0.717, 1.165) is 80.1 Å². The van der Waals surface area contributed by atoms with Gasteiger partial charge in [0.1, 0.15) is 24.5 Å². The van der Waals surface area contributed by atoms with Crippen LogP contribution in [0.2, 0.25) is 0 Å². The van der Waals surface area contributed by atoms with E-state index in [9.17, 15) is 9.59 Å². The predicted octanol–water partition coefficient (Wildman–Crippen LogP) is 4.18. The molecule has 0 bridgehead atoms. The number of benzene rings is 1. The number of rotatable bonds is 10. The molecule has 1 unspecified atom stereocenters. The fraction of sp³-hybridized carbons (Fsp3) is 0.412. The number of ether oxygens (including phenoxy) is 1. The number of likely N-dealkylation sites (N-methyl/N-ethyl adjacent to an activating group) is 1. The smallest absolute Gasteiger partial charge is 0.239 e. The van der Waals surface area contributed by atoms with Crippen molar-refractivity contribution in [3.8, 4) is 5.75 Å². The van der Waals surface area contributed by atoms with Crippen LogP contribution in [0.15, 0.2) is 61.1 Å². The van der Waals surface area contributed by atoms with Crippen molar-refractivity contribution in [1.82, 2.24) is 24.7 Å². The summed E-state index contributed by atoms with van der Waals surface area (Å²) < 4.78 is 6.01. The SMILES string of the molecule is CC1C(=O)N(C)CCN1CCOc1ccc(C2CCN(c3ccc(/C(=C/N(C)C)c4cc[n-]c4C=O)cn3)CC2)cc1.[CH3-].[Tb]. The number of aldehydes is 1. The zero-order chi connectivity index (χ0) is 29.6. The van der Waals surface area contributed by atoms with Gasteiger partial charge in [-0.05, 0) is 61.1 Å². The van der Waals surface area contributed by atoms with E-state index in [2.05, 4.69) is 51.2 Å². The predicted molar refractivity (Wildman–Crippen MR) is 171 cm³/mol. The van der Waals surface area contributed by atoms with Crippen molar-refractivity contribution in [3.05, 3.63) is 90.9 Å². The summed E-state index contributed by atoms with van der Waals surface area (Å²) in [5.41, 5.74) is 4.47. The first-order valence-electron chi connectivity index (χ1n) is 14.7. The van der Waals surface area contributed by atoms with Gasteiger partial charge in [0, 0.05) is 116 Å². The molecule has 2 fully saturated rings. The van der Waals surface area contributed by atoms with Crippen molar-refractivity contribution in [2.24, 2.45) is 0 Å². The Morgan fingerprint density at radius 1 is 1.07 bits per heavy atom. The van der Waals surface area contributed by atoms with E-state index in [1.54, 1.807) is 11.1 Å². The van der Waals surface area contributed by atoms with Gasteiger partial charge in [-0.3, -0.25) is 14.5 Å². The number of amides is 1. The topological polar surface area (TPSA) is 83.3 Å². The van der Waals surface area contributed by atoms with Gasteiger partial charge in [-0.1, -0.05) is 23.9 Å². The molecule has 0 spiro atoms. The van der Waals surface area contributed by atoms with Crippen LogP contribution in [0.5, 0.6) is 5.75 Å². The Morgan fingerprint density at radius 3 is 2.43 bits per heavy atom. The Balaban J connectivity index is 0.00000264. The standard InChI is InChI=1S/C33H42N6O3.CH3.Tb/c1-24-33(41)37(4)17-18-38(24)19-20-42-28-8-5-25(6-9-28)26-12-15-39(16-13-26)32-10-7-27(21-35-32)30(22-36(2)3)29-11-14-34-31(29)23-40;;/h5-11,14,21-24,26H,12-13,15-20H2,1-4H3,(H,34,40);1H3;/q;-1;/p-1/b30-22-;;. The average molecular weight is 744 g/mol. The minimum atomic E-state index is -0.0916. The molecule has 1 amide bonds. The Morgan fingerprint density at radius 2 is 1.80 bits per heavy atom. The normalized spacial score (nSPS) is 18.0. The molecule has 10 heteroatoms. The summed E-state index contributed by atoms with van der Waals surface area (Å²) in [5.74, 6) is 2.52. The molecular weight excluding hydrogens is 699 g/mol. The van der Waals surface area contributed by atoms with Gasteiger partial charge in [-0.2, -0.15) is 6.20 Å². The Hall–Kier alpha value is -2.82. The summed E-state index contributed by atoms with van der Waals surface area (Å²) in [5, 5.41) is 0. The molecule has 44 heavy (non-hydrogen) atoms. The molecule has 1 aromatic carbocycles. The zero-order valence-corrected chi connectivity index (χ0v) is 28.5. The van der Waals surface area contributed by atoms with E-state index in [0.29, 0.717) is 18.2 Å². The van der Waals surface area contributed by atoms with E-state index < -0.39 is 0 Å². The van der Waals surface area contributed by atoms with Crippen LogP contribution >= 0.6 is 0 Å². The first-order valence-corrected chi connectivity index (χ1v) is 14.7. The van der Waals surface area contributed by atoms with Crippen LogP contribution in [-0.2, 0) is 4.79 Å². The summed E-state index contributed by atoms with van der Waals surface area (Å²) in [4.78, 5) is 41.0. The molecule has 0 aliphatic carbocycles. The second-order valence-corrected chi connectivity index (χ2v) is 11.4. The number of aromatic nitrogens is 2. The molecule has 2 aliphatic heterocycles. The van der Waals surface area contributed by atoms with Gasteiger partial charge >= 0.3 is 0 Å². The molecule has 0 N–H and O–H groups in total. The number of hydrogen-bond donors (Lipinski definition) is 0. The maximum absolute atomic E-state index is 12.2. The van der Waals surface area contributed by atoms with E-state index in [-0.39, 0.29) is 58.0 Å². The molecular formula is C34H44N6O3Tb-2. The second kappa shape index (κ2) is 16.5. The third-order valence-electron chi connectivity index (χ3n) is 8.40. The molecule has 1 atom stereocenters. The number of piperazine rings is 1. The Bertz CT molecular complexity index is 1380. The van der Waals surface area contributed by atoms with Crippen molar-refractivity contribution in [1.29, 1.82) is 0 Å². The van der Waals surface area contributed by atoms with Gasteiger partial charge < -0.3 is 31.8 Å². The summed E-state index contributed by atoms with van der Waals surface area (Å²) in [6.45, 7) is 6.82. The number of carbonyl (C=O) groups excluding carboxylic acids is 2. The minimum absolute atomic E-state index is 0. The van der Waals surface area contributed by atoms with Gasteiger partial charge in [0.2, 0.25) is 5.91 Å². The molecule has 4 heterocycles. The van der Waals surface area contributed by atoms with Crippen LogP contribution < -0.4 is 14.6 Å². The first kappa shape index (κ1) is 35.7. The van der Waals surface area contributed by atoms with Gasteiger partial charge in [0.15, 0.2) is 0 Å². The fourth-order valence-corrected chi connectivity index (χ4v) is 5.88. The van der Waals surface area contributed by atoms with E-state index in [1.807, 2.05) is 51.4 Å². The number of hydrogen-bond acceptors (Lipinski definition) is 7. The summed E-state index contributed by atoms with van der Waals surface area (Å²) in [6, 6.07) is 14.4. The Kier molecular flexibility index (Phi) is 13.3. The van der Waals surface area contributed by atoms with Crippen molar-refractivity contribution in [2.75, 3.05) is 65.4 Å². The monoisotopic (exact) mass is 743 g/mol. The summed E-state index contributed by atoms with van der Waals surface area (Å²) >= 11 is 0. The maximum atomic E-state index is 12.2. The molecule has 9 nitrogen and oxygen atoms in total. The average Bonchev–Trinajstić information content (AvgIpc) is 3.49. The first-order chi connectivity index (χ1) is 20.3. The molecule has 2 saturated heterocycles. The van der Waals surface area contributed by atoms with Crippen molar-refractivity contribution in [3.63, 3.8) is 0 Å². The van der Waals surface area contributed by atoms with E-state index in [1.165, 1.54) is 5.56 Å². The number of pyridine rings is 1. The number of nitrogens with zero attached hydrogens (tertiary/aromatic N) is 6. The van der Waals surface area contributed by atoms with Crippen LogP contribution in [0.4, 0.5) is 5.82 Å². The van der Waals surface area contributed by atoms with Crippen LogP contribution in [0.25, 0.3) is 5.57 Å².